The maximum atomic E-state index is 13.9. The lowest BCUT2D eigenvalue weighted by Gasteiger charge is -2.24. The second kappa shape index (κ2) is 28.9. The van der Waals surface area contributed by atoms with Crippen LogP contribution in [0.1, 0.15) is 46.4 Å². The summed E-state index contributed by atoms with van der Waals surface area (Å²) in [5.74, 6) is -21.8. The lowest BCUT2D eigenvalue weighted by molar-refractivity contribution is -0.172. The number of halogens is 10. The number of alkyl halides is 2. The molecule has 0 atom stereocenters. The van der Waals surface area contributed by atoms with Gasteiger partial charge < -0.3 is 42.4 Å². The van der Waals surface area contributed by atoms with E-state index >= 15 is 0 Å². The molecule has 0 aromatic heterocycles. The molecule has 3 N–H and O–H groups in total. The third-order valence-corrected chi connectivity index (χ3v) is 13.5. The van der Waals surface area contributed by atoms with Gasteiger partial charge in [-0.3, -0.25) is 14.4 Å². The number of hydrogen-bond acceptors (Lipinski definition) is 14. The molecular weight excluding hydrogens is 953 g/mol. The fourth-order valence-corrected chi connectivity index (χ4v) is 8.17. The van der Waals surface area contributed by atoms with Crippen molar-refractivity contribution in [2.45, 2.75) is 37.8 Å². The minimum atomic E-state index is -2.89. The van der Waals surface area contributed by atoms with E-state index in [2.05, 4.69) is 25.3 Å². The second-order valence-electron chi connectivity index (χ2n) is 11.2. The minimum absolute atomic E-state index is 0.0572. The maximum Gasteiger partial charge on any atom is 0.500 e. The molecule has 0 unspecified atom stereocenters. The quantitative estimate of drug-likeness (QED) is 0.0172. The minimum Gasteiger partial charge on any atom is -0.377 e. The van der Waals surface area contributed by atoms with Crippen molar-refractivity contribution < 1.29 is 85.7 Å². The fraction of sp³-hybridized carbons (Fsp3) is 0.484. The molecule has 0 saturated carbocycles. The third-order valence-electron chi connectivity index (χ3n) is 7.88. The van der Waals surface area contributed by atoms with Gasteiger partial charge >= 0.3 is 23.6 Å². The summed E-state index contributed by atoms with van der Waals surface area (Å²) in [5, 5.41) is 7.24. The van der Waals surface area contributed by atoms with E-state index in [1.807, 2.05) is 4.91 Å². The first-order chi connectivity index (χ1) is 29.7. The Balaban J connectivity index is 0.000000948. The molecule has 352 valence electrons. The van der Waals surface area contributed by atoms with Crippen LogP contribution in [0.3, 0.4) is 0 Å². The van der Waals surface area contributed by atoms with E-state index in [-0.39, 0.29) is 42.3 Å². The number of nitrogens with one attached hydrogen (secondary N) is 1. The van der Waals surface area contributed by atoms with Gasteiger partial charge in [-0.1, -0.05) is 10.2 Å². The standard InChI is InChI=1S/C13H16F4N4O4Si.C11H4F4N4O4.C6H17NO3Si.CH2Cl2/c1-23-26(24-2,25-3)6-4-5-19-13(22)7-8(14)10(16)12(20-21-18)11(17)9(7)15;12-6-5(7(13)9(15)10(8(6)14)17-18-16)11(22)23-19-3(20)1-2-4(19)21;1-8-11(9-2,10-3)6-4-5-7;2-1-3/h4-6H2,1-3H3,(H,19,22);1-2H2;4-7H2,1-3H3;1H2. The summed E-state index contributed by atoms with van der Waals surface area (Å²) in [6.07, 6.45) is 0.533. The first-order valence-corrected chi connectivity index (χ1v) is 22.0. The topological polar surface area (TPSA) is 272 Å². The van der Waals surface area contributed by atoms with Crippen LogP contribution in [0.5, 0.6) is 0 Å². The van der Waals surface area contributed by atoms with Crippen LogP contribution in [0.4, 0.5) is 46.5 Å². The third kappa shape index (κ3) is 15.8. The monoisotopic (exact) mass is 991 g/mol. The van der Waals surface area contributed by atoms with E-state index in [1.165, 1.54) is 21.3 Å². The molecule has 0 radical (unpaired) electrons. The number of hydroxylamine groups is 2. The highest BCUT2D eigenvalue weighted by atomic mass is 35.5. The molecule has 0 spiro atoms. The van der Waals surface area contributed by atoms with Crippen molar-refractivity contribution in [1.82, 2.24) is 10.4 Å². The molecule has 3 amide bonds. The Hall–Kier alpha value is -4.69. The first kappa shape index (κ1) is 58.3. The Morgan fingerprint density at radius 2 is 1.00 bits per heavy atom. The van der Waals surface area contributed by atoms with Crippen molar-refractivity contribution in [3.63, 3.8) is 0 Å². The molecule has 2 aromatic carbocycles. The van der Waals surface area contributed by atoms with Gasteiger partial charge in [-0.15, -0.1) is 28.3 Å². The van der Waals surface area contributed by atoms with E-state index < -0.39 is 110 Å². The number of benzene rings is 2. The molecule has 0 aliphatic carbocycles. The van der Waals surface area contributed by atoms with Gasteiger partial charge in [0.1, 0.15) is 22.5 Å². The zero-order chi connectivity index (χ0) is 48.7. The van der Waals surface area contributed by atoms with E-state index in [4.69, 9.17) is 66.6 Å². The molecule has 3 rings (SSSR count). The predicted octanol–water partition coefficient (Wildman–Crippen LogP) is 7.22. The number of hydrogen-bond donors (Lipinski definition) is 2. The number of rotatable bonds is 18. The number of nitrogens with two attached hydrogens (primary N) is 1. The zero-order valence-corrected chi connectivity index (χ0v) is 37.4. The summed E-state index contributed by atoms with van der Waals surface area (Å²) in [6.45, 7) is 0.550. The van der Waals surface area contributed by atoms with Gasteiger partial charge in [0.05, 0.1) is 5.34 Å². The Morgan fingerprint density at radius 1 is 0.667 bits per heavy atom. The largest absolute Gasteiger partial charge is 0.500 e. The summed E-state index contributed by atoms with van der Waals surface area (Å²) in [7, 11) is 3.78. The van der Waals surface area contributed by atoms with Gasteiger partial charge in [-0.05, 0) is 30.4 Å². The Morgan fingerprint density at radius 3 is 1.32 bits per heavy atom. The average molecular weight is 993 g/mol. The van der Waals surface area contributed by atoms with Crippen LogP contribution >= 0.6 is 23.2 Å². The van der Waals surface area contributed by atoms with Crippen molar-refractivity contribution in [1.29, 1.82) is 0 Å². The molecule has 1 aliphatic heterocycles. The first-order valence-electron chi connectivity index (χ1n) is 17.0. The fourth-order valence-electron chi connectivity index (χ4n) is 4.70. The number of imide groups is 1. The summed E-state index contributed by atoms with van der Waals surface area (Å²) in [6, 6.07) is 1.06. The van der Waals surface area contributed by atoms with Gasteiger partial charge in [-0.2, -0.15) is 0 Å². The van der Waals surface area contributed by atoms with E-state index in [0.717, 1.165) is 12.5 Å². The molecule has 20 nitrogen and oxygen atoms in total. The van der Waals surface area contributed by atoms with Crippen molar-refractivity contribution in [2.24, 2.45) is 16.0 Å². The molecule has 2 aromatic rings. The van der Waals surface area contributed by atoms with Crippen LogP contribution in [0.25, 0.3) is 20.9 Å². The van der Waals surface area contributed by atoms with Crippen LogP contribution in [0, 0.1) is 46.5 Å². The molecule has 32 heteroatoms. The maximum absolute atomic E-state index is 13.9. The summed E-state index contributed by atoms with van der Waals surface area (Å²) < 4.78 is 140. The van der Waals surface area contributed by atoms with E-state index in [1.54, 1.807) is 21.3 Å². The summed E-state index contributed by atoms with van der Waals surface area (Å²) >= 11 is 9.53. The van der Waals surface area contributed by atoms with Crippen molar-refractivity contribution >= 4 is 75.9 Å². The smallest absolute Gasteiger partial charge is 0.377 e. The predicted molar refractivity (Wildman–Crippen MR) is 207 cm³/mol. The Kier molecular flexibility index (Phi) is 26.7. The molecule has 63 heavy (non-hydrogen) atoms. The van der Waals surface area contributed by atoms with Gasteiger partial charge in [0, 0.05) is 84.0 Å². The van der Waals surface area contributed by atoms with Crippen LogP contribution in [0.2, 0.25) is 12.1 Å². The van der Waals surface area contributed by atoms with E-state index in [9.17, 15) is 54.3 Å². The van der Waals surface area contributed by atoms with Crippen LogP contribution in [-0.2, 0) is 41.0 Å². The highest BCUT2D eigenvalue weighted by Gasteiger charge is 2.39. The second-order valence-corrected chi connectivity index (χ2v) is 18.2. The number of nitrogens with zero attached hydrogens (tertiary/aromatic N) is 7. The summed E-state index contributed by atoms with van der Waals surface area (Å²) in [5.41, 5.74) is 15.2. The van der Waals surface area contributed by atoms with Gasteiger partial charge in [0.15, 0.2) is 46.5 Å². The lowest BCUT2D eigenvalue weighted by atomic mass is 10.1. The number of azide groups is 2. The lowest BCUT2D eigenvalue weighted by Crippen LogP contribution is -2.43. The SMILES string of the molecule is CO[Si](CCCN)(OC)OC.CO[Si](CCCNC(=O)c1c(F)c(F)c(N=[N+]=[N-])c(F)c1F)(OC)OC.ClCCl.[N-]=[N+]=Nc1c(F)c(F)c(C(=O)ON2C(=O)CCC2=O)c(F)c1F. The molecule has 1 heterocycles. The molecule has 1 saturated heterocycles. The number of carbonyl (C=O) groups excluding carboxylic acids is 4. The van der Waals surface area contributed by atoms with Gasteiger partial charge in [0.2, 0.25) is 0 Å². The number of carbonyl (C=O) groups is 4. The van der Waals surface area contributed by atoms with Crippen molar-refractivity contribution in [2.75, 3.05) is 61.1 Å². The highest BCUT2D eigenvalue weighted by Crippen LogP contribution is 2.32. The van der Waals surface area contributed by atoms with Crippen molar-refractivity contribution in [3.05, 3.63) is 78.6 Å². The van der Waals surface area contributed by atoms with Gasteiger partial charge in [-0.25, -0.2) is 39.9 Å². The molecular formula is C31H39Cl2F8N9O11Si2. The van der Waals surface area contributed by atoms with Crippen LogP contribution in [0.15, 0.2) is 10.2 Å². The average Bonchev–Trinajstić information content (AvgIpc) is 3.59. The van der Waals surface area contributed by atoms with Crippen LogP contribution < -0.4 is 11.1 Å². The molecule has 1 fully saturated rings. The van der Waals surface area contributed by atoms with Crippen LogP contribution in [-0.4, -0.2) is 107 Å². The summed E-state index contributed by atoms with van der Waals surface area (Å²) in [4.78, 5) is 54.2. The zero-order valence-electron chi connectivity index (χ0n) is 33.8. The normalized spacial score (nSPS) is 12.1. The number of amides is 3. The van der Waals surface area contributed by atoms with E-state index in [0.29, 0.717) is 6.54 Å². The Labute approximate surface area is 364 Å². The van der Waals surface area contributed by atoms with Crippen molar-refractivity contribution in [3.8, 4) is 0 Å². The van der Waals surface area contributed by atoms with Gasteiger partial charge in [0.25, 0.3) is 17.7 Å². The highest BCUT2D eigenvalue weighted by molar-refractivity contribution is 6.60. The Bertz CT molecular complexity index is 1930. The molecule has 1 aliphatic rings. The molecule has 0 bridgehead atoms.